The highest BCUT2D eigenvalue weighted by molar-refractivity contribution is 7.91. The number of esters is 1. The highest BCUT2D eigenvalue weighted by atomic mass is 32.2. The number of ether oxygens (including phenoxy) is 2. The predicted molar refractivity (Wildman–Crippen MR) is 86.1 cm³/mol. The summed E-state index contributed by atoms with van der Waals surface area (Å²) in [5.41, 5.74) is 0.527. The molecule has 132 valence electrons. The zero-order valence-electron chi connectivity index (χ0n) is 14.1. The lowest BCUT2D eigenvalue weighted by Gasteiger charge is -2.19. The van der Waals surface area contributed by atoms with E-state index in [2.05, 4.69) is 5.32 Å². The molecule has 0 saturated carbocycles. The largest absolute Gasteiger partial charge is 0.457 e. The van der Waals surface area contributed by atoms with Crippen molar-refractivity contribution in [2.75, 3.05) is 5.75 Å². The smallest absolute Gasteiger partial charge is 0.407 e. The van der Waals surface area contributed by atoms with E-state index in [9.17, 15) is 18.0 Å². The molecule has 24 heavy (non-hydrogen) atoms. The molecule has 0 bridgehead atoms. The number of carbonyl (C=O) groups is 2. The van der Waals surface area contributed by atoms with Crippen molar-refractivity contribution in [1.29, 1.82) is 0 Å². The van der Waals surface area contributed by atoms with Crippen molar-refractivity contribution in [3.05, 3.63) is 29.3 Å². The molecule has 0 spiro atoms. The quantitative estimate of drug-likeness (QED) is 0.834. The van der Waals surface area contributed by atoms with Crippen LogP contribution < -0.4 is 5.32 Å². The Hall–Kier alpha value is -2.09. The Morgan fingerprint density at radius 1 is 1.29 bits per heavy atom. The number of carbonyl (C=O) groups excluding carboxylic acids is 2. The van der Waals surface area contributed by atoms with E-state index in [0.717, 1.165) is 0 Å². The Kier molecular flexibility index (Phi) is 4.89. The van der Waals surface area contributed by atoms with Gasteiger partial charge >= 0.3 is 12.1 Å². The van der Waals surface area contributed by atoms with Crippen molar-refractivity contribution >= 4 is 21.9 Å². The molecular formula is C16H21NO6S. The molecular weight excluding hydrogens is 334 g/mol. The van der Waals surface area contributed by atoms with Gasteiger partial charge in [-0.1, -0.05) is 6.07 Å². The van der Waals surface area contributed by atoms with Crippen molar-refractivity contribution in [2.24, 2.45) is 0 Å². The van der Waals surface area contributed by atoms with E-state index in [1.54, 1.807) is 32.9 Å². The number of sulfone groups is 1. The van der Waals surface area contributed by atoms with Gasteiger partial charge in [-0.3, -0.25) is 4.79 Å². The topological polar surface area (TPSA) is 98.8 Å². The van der Waals surface area contributed by atoms with Crippen LogP contribution in [-0.2, 0) is 30.7 Å². The minimum absolute atomic E-state index is 0.162. The maximum Gasteiger partial charge on any atom is 0.407 e. The first-order valence-corrected chi connectivity index (χ1v) is 9.13. The van der Waals surface area contributed by atoms with Crippen molar-refractivity contribution in [3.8, 4) is 0 Å². The molecule has 1 aliphatic heterocycles. The van der Waals surface area contributed by atoms with Gasteiger partial charge in [0.15, 0.2) is 9.84 Å². The van der Waals surface area contributed by atoms with E-state index in [0.29, 0.717) is 11.1 Å². The molecule has 8 heteroatoms. The molecule has 0 fully saturated rings. The molecule has 7 nitrogen and oxygen atoms in total. The van der Waals surface area contributed by atoms with Crippen LogP contribution >= 0.6 is 0 Å². The molecule has 0 saturated heterocycles. The lowest BCUT2D eigenvalue weighted by molar-refractivity contribution is -0.145. The van der Waals surface area contributed by atoms with E-state index in [4.69, 9.17) is 9.47 Å². The van der Waals surface area contributed by atoms with Gasteiger partial charge < -0.3 is 14.8 Å². The second kappa shape index (κ2) is 6.43. The van der Waals surface area contributed by atoms with Crippen LogP contribution in [0.3, 0.4) is 0 Å². The van der Waals surface area contributed by atoms with Crippen LogP contribution in [-0.4, -0.2) is 31.8 Å². The van der Waals surface area contributed by atoms with Crippen LogP contribution in [0.1, 0.15) is 44.9 Å². The van der Waals surface area contributed by atoms with Crippen molar-refractivity contribution in [1.82, 2.24) is 5.32 Å². The third-order valence-electron chi connectivity index (χ3n) is 3.27. The summed E-state index contributed by atoms with van der Waals surface area (Å²) in [6.07, 6.45) is -1.38. The Morgan fingerprint density at radius 3 is 2.54 bits per heavy atom. The number of alkyl carbamates (subject to hydrolysis) is 1. The fourth-order valence-electron chi connectivity index (χ4n) is 2.41. The summed E-state index contributed by atoms with van der Waals surface area (Å²) < 4.78 is 34.4. The van der Waals surface area contributed by atoms with E-state index in [1.807, 2.05) is 0 Å². The number of rotatable bonds is 3. The Morgan fingerprint density at radius 2 is 1.96 bits per heavy atom. The average molecular weight is 355 g/mol. The Labute approximate surface area is 141 Å². The van der Waals surface area contributed by atoms with E-state index in [1.165, 1.54) is 13.0 Å². The van der Waals surface area contributed by atoms with E-state index < -0.39 is 33.6 Å². The van der Waals surface area contributed by atoms with Gasteiger partial charge in [0, 0.05) is 19.0 Å². The lowest BCUT2D eigenvalue weighted by atomic mass is 10.1. The summed E-state index contributed by atoms with van der Waals surface area (Å²) in [6.45, 7) is 6.69. The second-order valence-electron chi connectivity index (χ2n) is 6.61. The lowest BCUT2D eigenvalue weighted by Crippen LogP contribution is -2.32. The predicted octanol–water partition coefficient (Wildman–Crippen LogP) is 2.10. The van der Waals surface area contributed by atoms with Gasteiger partial charge in [0.05, 0.1) is 10.6 Å². The number of fused-ring (bicyclic) bond motifs is 1. The van der Waals surface area contributed by atoms with E-state index in [-0.39, 0.29) is 17.2 Å². The minimum Gasteiger partial charge on any atom is -0.457 e. The van der Waals surface area contributed by atoms with Gasteiger partial charge in [0.2, 0.25) is 0 Å². The molecule has 2 rings (SSSR count). The van der Waals surface area contributed by atoms with Crippen LogP contribution in [0.15, 0.2) is 23.1 Å². The zero-order valence-corrected chi connectivity index (χ0v) is 14.9. The highest BCUT2D eigenvalue weighted by Gasteiger charge is 2.36. The fraction of sp³-hybridized carbons (Fsp3) is 0.500. The Balaban J connectivity index is 2.15. The molecule has 1 amide bonds. The second-order valence-corrected chi connectivity index (χ2v) is 8.61. The first-order chi connectivity index (χ1) is 11.0. The third-order valence-corrected chi connectivity index (χ3v) is 5.05. The molecule has 1 aromatic rings. The maximum absolute atomic E-state index is 12.1. The fourth-order valence-corrected chi connectivity index (χ4v) is 4.06. The number of hydrogen-bond donors (Lipinski definition) is 1. The molecule has 1 aromatic carbocycles. The number of amides is 1. The van der Waals surface area contributed by atoms with E-state index >= 15 is 0 Å². The summed E-state index contributed by atoms with van der Waals surface area (Å²) in [4.78, 5) is 23.0. The number of hydrogen-bond acceptors (Lipinski definition) is 6. The molecule has 1 atom stereocenters. The standard InChI is InChI=1S/C16H21NO6S/c1-10(18)22-13-9-24(20,21)14-6-5-11(7-12(13)14)8-17-15(19)23-16(2,3)4/h5-7,13H,8-9H2,1-4H3,(H,17,19). The average Bonchev–Trinajstić information content (AvgIpc) is 2.65. The van der Waals surface area contributed by atoms with Crippen LogP contribution in [0.25, 0.3) is 0 Å². The van der Waals surface area contributed by atoms with Crippen molar-refractivity contribution in [3.63, 3.8) is 0 Å². The van der Waals surface area contributed by atoms with Gasteiger partial charge in [0.1, 0.15) is 11.7 Å². The van der Waals surface area contributed by atoms with Gasteiger partial charge in [-0.15, -0.1) is 0 Å². The summed E-state index contributed by atoms with van der Waals surface area (Å²) in [6, 6.07) is 4.72. The first kappa shape index (κ1) is 18.3. The molecule has 1 N–H and O–H groups in total. The third kappa shape index (κ3) is 4.47. The van der Waals surface area contributed by atoms with Crippen LogP contribution in [0.2, 0.25) is 0 Å². The van der Waals surface area contributed by atoms with Crippen molar-refractivity contribution < 1.29 is 27.5 Å². The van der Waals surface area contributed by atoms with Gasteiger partial charge in [-0.05, 0) is 38.5 Å². The normalized spacial score (nSPS) is 18.6. The Bertz CT molecular complexity index is 763. The zero-order chi connectivity index (χ0) is 18.1. The first-order valence-electron chi connectivity index (χ1n) is 7.47. The molecule has 1 aliphatic rings. The summed E-state index contributed by atoms with van der Waals surface area (Å²) in [5.74, 6) is -0.800. The minimum atomic E-state index is -3.46. The monoisotopic (exact) mass is 355 g/mol. The molecule has 0 radical (unpaired) electrons. The molecule has 1 unspecified atom stereocenters. The molecule has 1 heterocycles. The maximum atomic E-state index is 12.1. The summed E-state index contributed by atoms with van der Waals surface area (Å²) >= 11 is 0. The molecule has 0 aromatic heterocycles. The number of benzene rings is 1. The molecule has 0 aliphatic carbocycles. The summed E-state index contributed by atoms with van der Waals surface area (Å²) in [7, 11) is -3.46. The van der Waals surface area contributed by atoms with Gasteiger partial charge in [-0.25, -0.2) is 13.2 Å². The number of nitrogens with one attached hydrogen (secondary N) is 1. The van der Waals surface area contributed by atoms with Crippen LogP contribution in [0.4, 0.5) is 4.79 Å². The van der Waals surface area contributed by atoms with Gasteiger partial charge in [-0.2, -0.15) is 0 Å². The van der Waals surface area contributed by atoms with Gasteiger partial charge in [0.25, 0.3) is 0 Å². The SMILES string of the molecule is CC(=O)OC1CS(=O)(=O)c2ccc(CNC(=O)OC(C)(C)C)cc21. The van der Waals surface area contributed by atoms with Crippen molar-refractivity contribution in [2.45, 2.75) is 50.8 Å². The summed E-state index contributed by atoms with van der Waals surface area (Å²) in [5, 5.41) is 2.60. The highest BCUT2D eigenvalue weighted by Crippen LogP contribution is 2.36. The van der Waals surface area contributed by atoms with Crippen LogP contribution in [0, 0.1) is 0 Å². The van der Waals surface area contributed by atoms with Crippen LogP contribution in [0.5, 0.6) is 0 Å².